The number of nitrogen functional groups attached to an aromatic ring is 1. The SMILES string of the molecule is CC(C)NC(=O)C(C)Nc1ncnc(Cl)c1N. The summed E-state index contributed by atoms with van der Waals surface area (Å²) >= 11 is 5.74. The summed E-state index contributed by atoms with van der Waals surface area (Å²) < 4.78 is 0. The molecular weight excluding hydrogens is 242 g/mol. The number of nitrogens with zero attached hydrogens (tertiary/aromatic N) is 2. The number of hydrogen-bond acceptors (Lipinski definition) is 5. The fourth-order valence-electron chi connectivity index (χ4n) is 1.17. The van der Waals surface area contributed by atoms with E-state index in [-0.39, 0.29) is 22.8 Å². The predicted octanol–water partition coefficient (Wildman–Crippen LogP) is 1.04. The van der Waals surface area contributed by atoms with Crippen LogP contribution in [0, 0.1) is 0 Å². The molecule has 1 amide bonds. The largest absolute Gasteiger partial charge is 0.393 e. The molecule has 1 aromatic rings. The second-order valence-electron chi connectivity index (χ2n) is 3.96. The quantitative estimate of drug-likeness (QED) is 0.701. The van der Waals surface area contributed by atoms with E-state index in [0.717, 1.165) is 0 Å². The van der Waals surface area contributed by atoms with Gasteiger partial charge in [-0.15, -0.1) is 0 Å². The lowest BCUT2D eigenvalue weighted by Gasteiger charge is -2.17. The minimum absolute atomic E-state index is 0.0816. The summed E-state index contributed by atoms with van der Waals surface area (Å²) in [6, 6.07) is -0.372. The van der Waals surface area contributed by atoms with Crippen molar-refractivity contribution < 1.29 is 4.79 Å². The van der Waals surface area contributed by atoms with E-state index < -0.39 is 6.04 Å². The number of carbonyl (C=O) groups is 1. The summed E-state index contributed by atoms with van der Waals surface area (Å²) in [6.07, 6.45) is 1.29. The lowest BCUT2D eigenvalue weighted by Crippen LogP contribution is -2.41. The van der Waals surface area contributed by atoms with Gasteiger partial charge in [-0.25, -0.2) is 9.97 Å². The van der Waals surface area contributed by atoms with Crippen molar-refractivity contribution in [1.29, 1.82) is 0 Å². The minimum atomic E-state index is -0.453. The lowest BCUT2D eigenvalue weighted by molar-refractivity contribution is -0.122. The minimum Gasteiger partial charge on any atom is -0.393 e. The molecule has 0 spiro atoms. The van der Waals surface area contributed by atoms with Gasteiger partial charge < -0.3 is 16.4 Å². The third-order valence-corrected chi connectivity index (χ3v) is 2.31. The number of carbonyl (C=O) groups excluding carboxylic acids is 1. The normalized spacial score (nSPS) is 12.3. The van der Waals surface area contributed by atoms with Crippen LogP contribution in [0.15, 0.2) is 6.33 Å². The number of aromatic nitrogens is 2. The Morgan fingerprint density at radius 2 is 2.06 bits per heavy atom. The molecule has 0 saturated carbocycles. The smallest absolute Gasteiger partial charge is 0.242 e. The molecule has 0 radical (unpaired) electrons. The zero-order valence-corrected chi connectivity index (χ0v) is 10.7. The summed E-state index contributed by atoms with van der Waals surface area (Å²) in [5, 5.41) is 5.83. The summed E-state index contributed by atoms with van der Waals surface area (Å²) in [5.74, 6) is 0.227. The average Bonchev–Trinajstić information content (AvgIpc) is 2.23. The summed E-state index contributed by atoms with van der Waals surface area (Å²) in [6.45, 7) is 5.49. The van der Waals surface area contributed by atoms with Crippen LogP contribution in [0.5, 0.6) is 0 Å². The van der Waals surface area contributed by atoms with Crippen molar-refractivity contribution in [3.05, 3.63) is 11.5 Å². The monoisotopic (exact) mass is 257 g/mol. The zero-order valence-electron chi connectivity index (χ0n) is 9.99. The first-order valence-electron chi connectivity index (χ1n) is 5.24. The standard InChI is InChI=1S/C10H16ClN5O/c1-5(2)15-10(17)6(3)16-9-7(12)8(11)13-4-14-9/h4-6H,12H2,1-3H3,(H,15,17)(H,13,14,16). The van der Waals surface area contributed by atoms with Gasteiger partial charge in [0.25, 0.3) is 0 Å². The molecule has 0 aliphatic carbocycles. The van der Waals surface area contributed by atoms with Crippen LogP contribution in [0.2, 0.25) is 5.15 Å². The number of nitrogens with one attached hydrogen (secondary N) is 2. The van der Waals surface area contributed by atoms with Crippen LogP contribution in [-0.2, 0) is 4.79 Å². The maximum Gasteiger partial charge on any atom is 0.242 e. The second-order valence-corrected chi connectivity index (χ2v) is 4.31. The highest BCUT2D eigenvalue weighted by Gasteiger charge is 2.16. The number of halogens is 1. The van der Waals surface area contributed by atoms with Gasteiger partial charge in [0.05, 0.1) is 0 Å². The molecule has 1 rings (SSSR count). The Labute approximate surface area is 105 Å². The van der Waals surface area contributed by atoms with Gasteiger partial charge in [0.15, 0.2) is 11.0 Å². The van der Waals surface area contributed by atoms with Gasteiger partial charge in [0.2, 0.25) is 5.91 Å². The van der Waals surface area contributed by atoms with Gasteiger partial charge in [-0.1, -0.05) is 11.6 Å². The molecular formula is C10H16ClN5O. The predicted molar refractivity (Wildman–Crippen MR) is 67.8 cm³/mol. The molecule has 0 aliphatic heterocycles. The van der Waals surface area contributed by atoms with E-state index in [9.17, 15) is 4.79 Å². The van der Waals surface area contributed by atoms with Gasteiger partial charge in [-0.2, -0.15) is 0 Å². The van der Waals surface area contributed by atoms with Crippen molar-refractivity contribution in [3.8, 4) is 0 Å². The Balaban J connectivity index is 2.71. The Morgan fingerprint density at radius 1 is 1.41 bits per heavy atom. The fraction of sp³-hybridized carbons (Fsp3) is 0.500. The molecule has 6 nitrogen and oxygen atoms in total. The van der Waals surface area contributed by atoms with Crippen molar-refractivity contribution >= 4 is 29.0 Å². The van der Waals surface area contributed by atoms with E-state index in [1.54, 1.807) is 6.92 Å². The van der Waals surface area contributed by atoms with Crippen LogP contribution in [-0.4, -0.2) is 28.0 Å². The molecule has 1 aromatic heterocycles. The van der Waals surface area contributed by atoms with Gasteiger partial charge in [-0.05, 0) is 20.8 Å². The molecule has 0 aliphatic rings. The van der Waals surface area contributed by atoms with E-state index in [4.69, 9.17) is 17.3 Å². The Hall–Kier alpha value is -1.56. The van der Waals surface area contributed by atoms with Gasteiger partial charge in [0.1, 0.15) is 18.1 Å². The molecule has 0 fully saturated rings. The molecule has 1 atom stereocenters. The molecule has 0 bridgehead atoms. The van der Waals surface area contributed by atoms with Crippen LogP contribution in [0.25, 0.3) is 0 Å². The molecule has 0 aromatic carbocycles. The Kier molecular flexibility index (Phi) is 4.51. The van der Waals surface area contributed by atoms with Gasteiger partial charge in [-0.3, -0.25) is 4.79 Å². The van der Waals surface area contributed by atoms with Crippen LogP contribution >= 0.6 is 11.6 Å². The van der Waals surface area contributed by atoms with Crippen molar-refractivity contribution in [1.82, 2.24) is 15.3 Å². The summed E-state index contributed by atoms with van der Waals surface area (Å²) in [7, 11) is 0. The molecule has 1 heterocycles. The molecule has 94 valence electrons. The number of anilines is 2. The topological polar surface area (TPSA) is 92.9 Å². The first-order chi connectivity index (χ1) is 7.91. The van der Waals surface area contributed by atoms with E-state index in [1.807, 2.05) is 13.8 Å². The average molecular weight is 258 g/mol. The lowest BCUT2D eigenvalue weighted by atomic mass is 10.2. The highest BCUT2D eigenvalue weighted by molar-refractivity contribution is 6.32. The summed E-state index contributed by atoms with van der Waals surface area (Å²) in [4.78, 5) is 19.3. The van der Waals surface area contributed by atoms with Crippen LogP contribution in [0.3, 0.4) is 0 Å². The first kappa shape index (κ1) is 13.5. The molecule has 1 unspecified atom stereocenters. The number of rotatable bonds is 4. The van der Waals surface area contributed by atoms with E-state index >= 15 is 0 Å². The van der Waals surface area contributed by atoms with Crippen LogP contribution in [0.4, 0.5) is 11.5 Å². The third kappa shape index (κ3) is 3.74. The van der Waals surface area contributed by atoms with Crippen molar-refractivity contribution in [2.24, 2.45) is 0 Å². The van der Waals surface area contributed by atoms with Gasteiger partial charge >= 0.3 is 0 Å². The number of hydrogen-bond donors (Lipinski definition) is 3. The van der Waals surface area contributed by atoms with Crippen LogP contribution < -0.4 is 16.4 Å². The van der Waals surface area contributed by atoms with Crippen LogP contribution in [0.1, 0.15) is 20.8 Å². The Bertz CT molecular complexity index is 410. The fourth-order valence-corrected chi connectivity index (χ4v) is 1.30. The maximum atomic E-state index is 11.7. The highest BCUT2D eigenvalue weighted by atomic mass is 35.5. The third-order valence-electron chi connectivity index (χ3n) is 2.01. The Morgan fingerprint density at radius 3 is 2.65 bits per heavy atom. The number of amides is 1. The highest BCUT2D eigenvalue weighted by Crippen LogP contribution is 2.22. The van der Waals surface area contributed by atoms with E-state index in [2.05, 4.69) is 20.6 Å². The van der Waals surface area contributed by atoms with E-state index in [0.29, 0.717) is 5.82 Å². The van der Waals surface area contributed by atoms with Gasteiger partial charge in [0, 0.05) is 6.04 Å². The molecule has 7 heteroatoms. The molecule has 0 saturated heterocycles. The number of nitrogens with two attached hydrogens (primary N) is 1. The van der Waals surface area contributed by atoms with E-state index in [1.165, 1.54) is 6.33 Å². The molecule has 17 heavy (non-hydrogen) atoms. The zero-order chi connectivity index (χ0) is 13.0. The first-order valence-corrected chi connectivity index (χ1v) is 5.62. The maximum absolute atomic E-state index is 11.7. The molecule has 4 N–H and O–H groups in total. The van der Waals surface area contributed by atoms with Crippen molar-refractivity contribution in [3.63, 3.8) is 0 Å². The van der Waals surface area contributed by atoms with Crippen molar-refractivity contribution in [2.45, 2.75) is 32.9 Å². The summed E-state index contributed by atoms with van der Waals surface area (Å²) in [5.41, 5.74) is 5.92. The van der Waals surface area contributed by atoms with Crippen molar-refractivity contribution in [2.75, 3.05) is 11.1 Å². The second kappa shape index (κ2) is 5.67.